The first kappa shape index (κ1) is 12.8. The minimum Gasteiger partial charge on any atom is -0.493 e. The molecule has 0 unspecified atom stereocenters. The smallest absolute Gasteiger partial charge is 0.170 e. The Kier molecular flexibility index (Phi) is 3.26. The Labute approximate surface area is 118 Å². The van der Waals surface area contributed by atoms with E-state index in [4.69, 9.17) is 20.2 Å². The summed E-state index contributed by atoms with van der Waals surface area (Å²) in [4.78, 5) is 4.71. The quantitative estimate of drug-likeness (QED) is 0.933. The van der Waals surface area contributed by atoms with Gasteiger partial charge in [0.1, 0.15) is 17.3 Å². The van der Waals surface area contributed by atoms with Crippen molar-refractivity contribution in [3.8, 4) is 22.8 Å². The van der Waals surface area contributed by atoms with Crippen LogP contribution in [0.2, 0.25) is 0 Å². The lowest BCUT2D eigenvalue weighted by molar-refractivity contribution is 0.356. The largest absolute Gasteiger partial charge is 0.493 e. The highest BCUT2D eigenvalue weighted by molar-refractivity contribution is 5.78. The number of hydrogen-bond donors (Lipinski definition) is 1. The summed E-state index contributed by atoms with van der Waals surface area (Å²) in [6.07, 6.45) is 3.31. The number of benzene rings is 1. The molecule has 1 aromatic carbocycles. The average Bonchev–Trinajstić information content (AvgIpc) is 2.83. The van der Waals surface area contributed by atoms with Crippen LogP contribution in [0, 0.1) is 0 Å². The Bertz CT molecular complexity index is 634. The van der Waals surface area contributed by atoms with Crippen molar-refractivity contribution in [2.24, 2.45) is 0 Å². The summed E-state index contributed by atoms with van der Waals surface area (Å²) in [5.41, 5.74) is 7.95. The highest BCUT2D eigenvalue weighted by Crippen LogP contribution is 2.40. The van der Waals surface area contributed by atoms with Crippen molar-refractivity contribution >= 4 is 5.82 Å². The van der Waals surface area contributed by atoms with Crippen LogP contribution in [0.3, 0.4) is 0 Å². The van der Waals surface area contributed by atoms with E-state index in [1.807, 2.05) is 18.2 Å². The maximum atomic E-state index is 6.28. The van der Waals surface area contributed by atoms with Gasteiger partial charge in [0.05, 0.1) is 14.2 Å². The maximum absolute atomic E-state index is 6.28. The van der Waals surface area contributed by atoms with Gasteiger partial charge in [0.15, 0.2) is 11.5 Å². The van der Waals surface area contributed by atoms with Crippen LogP contribution in [0.25, 0.3) is 11.3 Å². The number of nitrogens with two attached hydrogens (primary N) is 1. The van der Waals surface area contributed by atoms with Crippen molar-refractivity contribution < 1.29 is 9.47 Å². The van der Waals surface area contributed by atoms with Crippen LogP contribution in [0.1, 0.15) is 18.7 Å². The summed E-state index contributed by atoms with van der Waals surface area (Å²) < 4.78 is 12.9. The highest BCUT2D eigenvalue weighted by atomic mass is 16.5. The molecule has 0 aliphatic carbocycles. The molecule has 0 amide bonds. The van der Waals surface area contributed by atoms with Gasteiger partial charge in [-0.3, -0.25) is 0 Å². The third-order valence-electron chi connectivity index (χ3n) is 3.78. The molecule has 0 bridgehead atoms. The zero-order valence-electron chi connectivity index (χ0n) is 11.8. The van der Waals surface area contributed by atoms with Gasteiger partial charge in [0.2, 0.25) is 0 Å². The second-order valence-corrected chi connectivity index (χ2v) is 4.91. The number of hydrogen-bond acceptors (Lipinski definition) is 4. The molecule has 1 aliphatic heterocycles. The van der Waals surface area contributed by atoms with Crippen LogP contribution in [-0.4, -0.2) is 23.8 Å². The molecule has 0 saturated heterocycles. The molecule has 0 fully saturated rings. The fourth-order valence-corrected chi connectivity index (χ4v) is 2.78. The lowest BCUT2D eigenvalue weighted by Crippen LogP contribution is -2.12. The van der Waals surface area contributed by atoms with Crippen LogP contribution in [0.5, 0.6) is 11.5 Å². The maximum Gasteiger partial charge on any atom is 0.170 e. The summed E-state index contributed by atoms with van der Waals surface area (Å²) >= 11 is 0. The number of anilines is 1. The van der Waals surface area contributed by atoms with Gasteiger partial charge in [-0.15, -0.1) is 0 Å². The summed E-state index contributed by atoms with van der Waals surface area (Å²) in [7, 11) is 3.26. The minimum absolute atomic E-state index is 0.678. The molecule has 1 aromatic heterocycles. The number of nitrogens with zero attached hydrogens (tertiary/aromatic N) is 2. The summed E-state index contributed by atoms with van der Waals surface area (Å²) in [6, 6.07) is 5.76. The number of aromatic nitrogens is 2. The molecule has 20 heavy (non-hydrogen) atoms. The van der Waals surface area contributed by atoms with E-state index >= 15 is 0 Å². The predicted molar refractivity (Wildman–Crippen MR) is 78.1 cm³/mol. The van der Waals surface area contributed by atoms with Gasteiger partial charge in [-0.1, -0.05) is 6.07 Å². The van der Waals surface area contributed by atoms with Crippen LogP contribution in [-0.2, 0) is 13.0 Å². The number of nitrogen functional groups attached to an aromatic ring is 1. The fraction of sp³-hybridized carbons (Fsp3) is 0.400. The fourth-order valence-electron chi connectivity index (χ4n) is 2.78. The van der Waals surface area contributed by atoms with Gasteiger partial charge in [0, 0.05) is 18.5 Å². The van der Waals surface area contributed by atoms with Crippen LogP contribution >= 0.6 is 0 Å². The van der Waals surface area contributed by atoms with Crippen molar-refractivity contribution in [1.82, 2.24) is 9.55 Å². The number of aryl methyl sites for hydroxylation is 1. The monoisotopic (exact) mass is 273 g/mol. The topological polar surface area (TPSA) is 62.3 Å². The van der Waals surface area contributed by atoms with E-state index in [-0.39, 0.29) is 0 Å². The normalized spacial score (nSPS) is 13.9. The molecule has 5 nitrogen and oxygen atoms in total. The van der Waals surface area contributed by atoms with Gasteiger partial charge in [-0.2, -0.15) is 0 Å². The molecular weight excluding hydrogens is 254 g/mol. The summed E-state index contributed by atoms with van der Waals surface area (Å²) in [5.74, 6) is 3.15. The van der Waals surface area contributed by atoms with Crippen molar-refractivity contribution in [2.75, 3.05) is 20.0 Å². The van der Waals surface area contributed by atoms with Crippen LogP contribution < -0.4 is 15.2 Å². The number of fused-ring (bicyclic) bond motifs is 1. The third kappa shape index (κ3) is 1.90. The Hall–Kier alpha value is -2.17. The van der Waals surface area contributed by atoms with E-state index in [9.17, 15) is 0 Å². The standard InChI is InChI=1S/C15H19N3O2/c1-19-11-7-5-6-10(14(11)20-2)13-15(16)18-9-4-3-8-12(18)17-13/h5-7H,3-4,8-9,16H2,1-2H3. The van der Waals surface area contributed by atoms with E-state index in [1.54, 1.807) is 14.2 Å². The Morgan fingerprint density at radius 1 is 1.20 bits per heavy atom. The van der Waals surface area contributed by atoms with Crippen molar-refractivity contribution in [3.63, 3.8) is 0 Å². The molecule has 0 radical (unpaired) electrons. The van der Waals surface area contributed by atoms with E-state index < -0.39 is 0 Å². The lowest BCUT2D eigenvalue weighted by atomic mass is 10.1. The second kappa shape index (κ2) is 5.07. The van der Waals surface area contributed by atoms with Gasteiger partial charge >= 0.3 is 0 Å². The zero-order chi connectivity index (χ0) is 14.1. The third-order valence-corrected chi connectivity index (χ3v) is 3.78. The van der Waals surface area contributed by atoms with Crippen molar-refractivity contribution in [1.29, 1.82) is 0 Å². The summed E-state index contributed by atoms with van der Waals surface area (Å²) in [6.45, 7) is 0.945. The van der Waals surface area contributed by atoms with Crippen LogP contribution in [0.4, 0.5) is 5.82 Å². The lowest BCUT2D eigenvalue weighted by Gasteiger charge is -2.14. The van der Waals surface area contributed by atoms with Crippen molar-refractivity contribution in [3.05, 3.63) is 24.0 Å². The molecule has 1 aliphatic rings. The molecule has 0 saturated carbocycles. The van der Waals surface area contributed by atoms with E-state index in [0.29, 0.717) is 17.3 Å². The molecule has 2 aromatic rings. The minimum atomic E-state index is 0.678. The molecule has 0 atom stereocenters. The molecule has 0 spiro atoms. The Morgan fingerprint density at radius 2 is 2.05 bits per heavy atom. The Balaban J connectivity index is 2.16. The molecule has 106 valence electrons. The molecule has 2 N–H and O–H groups in total. The van der Waals surface area contributed by atoms with E-state index in [1.165, 1.54) is 6.42 Å². The molecule has 2 heterocycles. The van der Waals surface area contributed by atoms with Crippen molar-refractivity contribution in [2.45, 2.75) is 25.8 Å². The van der Waals surface area contributed by atoms with E-state index in [2.05, 4.69) is 4.57 Å². The number of ether oxygens (including phenoxy) is 2. The zero-order valence-corrected chi connectivity index (χ0v) is 11.8. The summed E-state index contributed by atoms with van der Waals surface area (Å²) in [5, 5.41) is 0. The SMILES string of the molecule is COc1cccc(-c2nc3n(c2N)CCCC3)c1OC. The molecular formula is C15H19N3O2. The first-order valence-corrected chi connectivity index (χ1v) is 6.82. The highest BCUT2D eigenvalue weighted by Gasteiger charge is 2.22. The second-order valence-electron chi connectivity index (χ2n) is 4.91. The number of para-hydroxylation sites is 1. The number of methoxy groups -OCH3 is 2. The van der Waals surface area contributed by atoms with Gasteiger partial charge in [-0.05, 0) is 25.0 Å². The van der Waals surface area contributed by atoms with Gasteiger partial charge in [-0.25, -0.2) is 4.98 Å². The predicted octanol–water partition coefficient (Wildman–Crippen LogP) is 2.49. The Morgan fingerprint density at radius 3 is 2.75 bits per heavy atom. The molecule has 5 heteroatoms. The van der Waals surface area contributed by atoms with Gasteiger partial charge < -0.3 is 19.8 Å². The average molecular weight is 273 g/mol. The first-order chi connectivity index (χ1) is 9.76. The van der Waals surface area contributed by atoms with E-state index in [0.717, 1.165) is 36.5 Å². The first-order valence-electron chi connectivity index (χ1n) is 6.82. The number of imidazole rings is 1. The van der Waals surface area contributed by atoms with Crippen LogP contribution in [0.15, 0.2) is 18.2 Å². The van der Waals surface area contributed by atoms with Gasteiger partial charge in [0.25, 0.3) is 0 Å². The molecule has 3 rings (SSSR count). The number of rotatable bonds is 3.